The van der Waals surface area contributed by atoms with Crippen LogP contribution in [0.1, 0.15) is 33.1 Å². The van der Waals surface area contributed by atoms with Gasteiger partial charge < -0.3 is 4.74 Å². The van der Waals surface area contributed by atoms with E-state index in [4.69, 9.17) is 4.79 Å². The van der Waals surface area contributed by atoms with Crippen LogP contribution in [0.3, 0.4) is 0 Å². The Hall–Kier alpha value is -0.240. The van der Waals surface area contributed by atoms with Gasteiger partial charge in [0.2, 0.25) is 0 Å². The van der Waals surface area contributed by atoms with Crippen molar-refractivity contribution in [1.82, 2.24) is 0 Å². The van der Waals surface area contributed by atoms with Crippen molar-refractivity contribution in [2.24, 2.45) is 0 Å². The van der Waals surface area contributed by atoms with Crippen LogP contribution in [0.15, 0.2) is 0 Å². The fourth-order valence-corrected chi connectivity index (χ4v) is 0.354. The standard InChI is InChI=1S/C5H12.C2H4O2.ClH/c1-3-5-4-2;1-4-2-3;/h3-5H2,1-2H3;2H,1H3;1H. The maximum atomic E-state index is 8.95. The summed E-state index contributed by atoms with van der Waals surface area (Å²) in [5, 5.41) is 0. The second kappa shape index (κ2) is 23.3. The molecule has 0 rings (SSSR count). The van der Waals surface area contributed by atoms with Gasteiger partial charge in [-0.1, -0.05) is 33.1 Å². The molecule has 0 spiro atoms. The van der Waals surface area contributed by atoms with E-state index in [-0.39, 0.29) is 12.4 Å². The van der Waals surface area contributed by atoms with Crippen molar-refractivity contribution in [3.63, 3.8) is 0 Å². The molecule has 0 aliphatic rings. The van der Waals surface area contributed by atoms with E-state index in [0.29, 0.717) is 6.47 Å². The number of methoxy groups -OCH3 is 1. The van der Waals surface area contributed by atoms with Gasteiger partial charge in [-0.05, 0) is 0 Å². The van der Waals surface area contributed by atoms with Crippen LogP contribution < -0.4 is 0 Å². The fraction of sp³-hybridized carbons (Fsp3) is 0.857. The number of halogens is 1. The number of hydrogen-bond acceptors (Lipinski definition) is 2. The van der Waals surface area contributed by atoms with Gasteiger partial charge in [0.15, 0.2) is 0 Å². The lowest BCUT2D eigenvalue weighted by molar-refractivity contribution is -0.126. The van der Waals surface area contributed by atoms with E-state index in [1.54, 1.807) is 0 Å². The van der Waals surface area contributed by atoms with Crippen LogP contribution in [0.2, 0.25) is 0 Å². The summed E-state index contributed by atoms with van der Waals surface area (Å²) < 4.78 is 3.86. The number of carbonyl (C=O) groups excluding carboxylic acids is 1. The Kier molecular flexibility index (Phi) is 38.2. The molecule has 0 atom stereocenters. The zero-order valence-corrected chi connectivity index (χ0v) is 7.74. The molecule has 3 heteroatoms. The smallest absolute Gasteiger partial charge is 0.292 e. The van der Waals surface area contributed by atoms with Crippen LogP contribution in [-0.2, 0) is 9.53 Å². The lowest BCUT2D eigenvalue weighted by atomic mass is 10.3. The molecule has 0 saturated heterocycles. The van der Waals surface area contributed by atoms with Crippen molar-refractivity contribution in [3.8, 4) is 0 Å². The van der Waals surface area contributed by atoms with Crippen molar-refractivity contribution in [1.29, 1.82) is 0 Å². The highest BCUT2D eigenvalue weighted by Crippen LogP contribution is 1.88. The number of rotatable bonds is 3. The molecule has 0 amide bonds. The van der Waals surface area contributed by atoms with E-state index in [2.05, 4.69) is 18.6 Å². The summed E-state index contributed by atoms with van der Waals surface area (Å²) >= 11 is 0. The van der Waals surface area contributed by atoms with Gasteiger partial charge in [-0.25, -0.2) is 0 Å². The number of unbranched alkanes of at least 4 members (excludes halogenated alkanes) is 2. The van der Waals surface area contributed by atoms with E-state index in [9.17, 15) is 0 Å². The molecule has 0 heterocycles. The van der Waals surface area contributed by atoms with Crippen LogP contribution in [0.25, 0.3) is 0 Å². The Morgan fingerprint density at radius 1 is 1.30 bits per heavy atom. The average Bonchev–Trinajstić information content (AvgIpc) is 1.91. The summed E-state index contributed by atoms with van der Waals surface area (Å²) in [6.45, 7) is 4.80. The topological polar surface area (TPSA) is 26.3 Å². The van der Waals surface area contributed by atoms with Gasteiger partial charge in [-0.15, -0.1) is 12.4 Å². The van der Waals surface area contributed by atoms with Crippen LogP contribution >= 0.6 is 12.4 Å². The minimum Gasteiger partial charge on any atom is -0.471 e. The molecule has 0 aliphatic carbocycles. The molecule has 0 unspecified atom stereocenters. The molecule has 0 radical (unpaired) electrons. The van der Waals surface area contributed by atoms with Gasteiger partial charge in [-0.2, -0.15) is 0 Å². The molecule has 0 aromatic heterocycles. The monoisotopic (exact) mass is 168 g/mol. The molecule has 0 aliphatic heterocycles. The first-order chi connectivity index (χ1) is 4.33. The molecule has 10 heavy (non-hydrogen) atoms. The maximum Gasteiger partial charge on any atom is 0.292 e. The molecule has 0 N–H and O–H groups in total. The second-order valence-electron chi connectivity index (χ2n) is 1.69. The summed E-state index contributed by atoms with van der Waals surface area (Å²) in [6.07, 6.45) is 4.08. The maximum absolute atomic E-state index is 8.95. The predicted molar refractivity (Wildman–Crippen MR) is 45.5 cm³/mol. The van der Waals surface area contributed by atoms with E-state index in [1.807, 2.05) is 0 Å². The van der Waals surface area contributed by atoms with Crippen LogP contribution in [0.4, 0.5) is 0 Å². The lowest BCUT2D eigenvalue weighted by Gasteiger charge is -1.79. The number of hydrogen-bond donors (Lipinski definition) is 0. The third-order valence-corrected chi connectivity index (χ3v) is 0.803. The molecule has 0 saturated carbocycles. The van der Waals surface area contributed by atoms with Gasteiger partial charge in [0.25, 0.3) is 6.47 Å². The largest absolute Gasteiger partial charge is 0.471 e. The van der Waals surface area contributed by atoms with Gasteiger partial charge in [0, 0.05) is 0 Å². The minimum absolute atomic E-state index is 0. The first-order valence-corrected chi connectivity index (χ1v) is 3.29. The van der Waals surface area contributed by atoms with E-state index in [1.165, 1.54) is 26.4 Å². The number of ether oxygens (including phenoxy) is 1. The minimum atomic E-state index is 0. The SMILES string of the molecule is CCCCC.COC=O.Cl. The van der Waals surface area contributed by atoms with Gasteiger partial charge >= 0.3 is 0 Å². The molecule has 2 nitrogen and oxygen atoms in total. The third kappa shape index (κ3) is 46.6. The lowest BCUT2D eigenvalue weighted by Crippen LogP contribution is -1.68. The third-order valence-electron chi connectivity index (χ3n) is 0.803. The summed E-state index contributed by atoms with van der Waals surface area (Å²) in [5.41, 5.74) is 0. The Bertz CT molecular complexity index is 46.9. The highest BCUT2D eigenvalue weighted by Gasteiger charge is 1.68. The zero-order valence-electron chi connectivity index (χ0n) is 6.92. The Morgan fingerprint density at radius 2 is 1.60 bits per heavy atom. The molecular weight excluding hydrogens is 152 g/mol. The first-order valence-electron chi connectivity index (χ1n) is 3.29. The van der Waals surface area contributed by atoms with Gasteiger partial charge in [-0.3, -0.25) is 4.79 Å². The van der Waals surface area contributed by atoms with E-state index >= 15 is 0 Å². The molecule has 0 aromatic rings. The number of carbonyl (C=O) groups is 1. The highest BCUT2D eigenvalue weighted by molar-refractivity contribution is 5.85. The average molecular weight is 169 g/mol. The van der Waals surface area contributed by atoms with E-state index < -0.39 is 0 Å². The highest BCUT2D eigenvalue weighted by atomic mass is 35.5. The van der Waals surface area contributed by atoms with Crippen LogP contribution in [-0.4, -0.2) is 13.6 Å². The molecule has 0 fully saturated rings. The first kappa shape index (κ1) is 16.4. The quantitative estimate of drug-likeness (QED) is 0.605. The molecule has 0 aromatic carbocycles. The summed E-state index contributed by atoms with van der Waals surface area (Å²) in [7, 11) is 1.31. The Morgan fingerprint density at radius 3 is 1.60 bits per heavy atom. The van der Waals surface area contributed by atoms with E-state index in [0.717, 1.165) is 0 Å². The summed E-state index contributed by atoms with van der Waals surface area (Å²) in [5.74, 6) is 0. The molecule has 0 bridgehead atoms. The van der Waals surface area contributed by atoms with Gasteiger partial charge in [0.05, 0.1) is 7.11 Å². The Balaban J connectivity index is -0.0000000910. The molecule has 64 valence electrons. The van der Waals surface area contributed by atoms with Crippen molar-refractivity contribution in [2.75, 3.05) is 7.11 Å². The van der Waals surface area contributed by atoms with Crippen LogP contribution in [0.5, 0.6) is 0 Å². The summed E-state index contributed by atoms with van der Waals surface area (Å²) in [6, 6.07) is 0. The molecular formula is C7H17ClO2. The Labute approximate surface area is 69.4 Å². The van der Waals surface area contributed by atoms with Crippen molar-refractivity contribution in [3.05, 3.63) is 0 Å². The van der Waals surface area contributed by atoms with Crippen molar-refractivity contribution in [2.45, 2.75) is 33.1 Å². The fourth-order valence-electron chi connectivity index (χ4n) is 0.354. The zero-order chi connectivity index (χ0) is 7.54. The van der Waals surface area contributed by atoms with Gasteiger partial charge in [0.1, 0.15) is 0 Å². The second-order valence-corrected chi connectivity index (χ2v) is 1.69. The van der Waals surface area contributed by atoms with Crippen LogP contribution in [0, 0.1) is 0 Å². The van der Waals surface area contributed by atoms with Crippen molar-refractivity contribution < 1.29 is 9.53 Å². The normalized spacial score (nSPS) is 6.30. The summed E-state index contributed by atoms with van der Waals surface area (Å²) in [4.78, 5) is 8.95. The van der Waals surface area contributed by atoms with Crippen molar-refractivity contribution >= 4 is 18.9 Å². The predicted octanol–water partition coefficient (Wildman–Crippen LogP) is 2.41.